The fourth-order valence-electron chi connectivity index (χ4n) is 2.11. The van der Waals surface area contributed by atoms with Gasteiger partial charge in [-0.3, -0.25) is 4.79 Å². The molecule has 4 nitrogen and oxygen atoms in total. The van der Waals surface area contributed by atoms with E-state index >= 15 is 0 Å². The van der Waals surface area contributed by atoms with Gasteiger partial charge < -0.3 is 15.7 Å². The Morgan fingerprint density at radius 3 is 2.61 bits per heavy atom. The largest absolute Gasteiger partial charge is 0.392 e. The Labute approximate surface area is 139 Å². The molecule has 3 N–H and O–H groups in total. The highest BCUT2D eigenvalue weighted by atomic mass is 35.5. The molecule has 0 aliphatic carbocycles. The summed E-state index contributed by atoms with van der Waals surface area (Å²) >= 11 is 6.04. The van der Waals surface area contributed by atoms with Crippen LogP contribution in [0, 0.1) is 5.82 Å². The number of halogens is 2. The van der Waals surface area contributed by atoms with Crippen molar-refractivity contribution in [1.82, 2.24) is 5.32 Å². The fourth-order valence-corrected chi connectivity index (χ4v) is 2.29. The third-order valence-electron chi connectivity index (χ3n) is 3.40. The summed E-state index contributed by atoms with van der Waals surface area (Å²) in [7, 11) is 0. The molecule has 0 saturated heterocycles. The first-order chi connectivity index (χ1) is 11.0. The lowest BCUT2D eigenvalue weighted by atomic mass is 10.1. The Morgan fingerprint density at radius 1 is 1.26 bits per heavy atom. The molecular weight excluding hydrogens is 319 g/mol. The third kappa shape index (κ3) is 4.94. The number of carbonyl (C=O) groups excluding carboxylic acids is 1. The zero-order chi connectivity index (χ0) is 16.8. The standard InChI is InChI=1S/C17H18ClFN2O2/c1-11(13-3-5-14(19)6-4-13)21-17(23)9-20-16-8-12(10-22)2-7-15(16)18/h2-8,11,20,22H,9-10H2,1H3,(H,21,23). The molecule has 0 bridgehead atoms. The molecule has 0 aromatic heterocycles. The zero-order valence-corrected chi connectivity index (χ0v) is 13.4. The van der Waals surface area contributed by atoms with E-state index in [-0.39, 0.29) is 30.9 Å². The molecule has 2 rings (SSSR count). The van der Waals surface area contributed by atoms with E-state index in [4.69, 9.17) is 16.7 Å². The minimum atomic E-state index is -0.313. The van der Waals surface area contributed by atoms with Crippen molar-refractivity contribution >= 4 is 23.2 Å². The van der Waals surface area contributed by atoms with Crippen LogP contribution in [0.3, 0.4) is 0 Å². The van der Waals surface area contributed by atoms with E-state index in [0.717, 1.165) is 5.56 Å². The van der Waals surface area contributed by atoms with Gasteiger partial charge in [0.15, 0.2) is 0 Å². The van der Waals surface area contributed by atoms with Crippen molar-refractivity contribution in [3.8, 4) is 0 Å². The Morgan fingerprint density at radius 2 is 1.96 bits per heavy atom. The number of hydrogen-bond donors (Lipinski definition) is 3. The van der Waals surface area contributed by atoms with Gasteiger partial charge in [-0.1, -0.05) is 29.8 Å². The van der Waals surface area contributed by atoms with Gasteiger partial charge in [-0.2, -0.15) is 0 Å². The first-order valence-electron chi connectivity index (χ1n) is 7.17. The summed E-state index contributed by atoms with van der Waals surface area (Å²) in [6, 6.07) is 10.8. The highest BCUT2D eigenvalue weighted by molar-refractivity contribution is 6.33. The van der Waals surface area contributed by atoms with E-state index in [1.165, 1.54) is 12.1 Å². The molecular formula is C17H18ClFN2O2. The molecule has 0 saturated carbocycles. The summed E-state index contributed by atoms with van der Waals surface area (Å²) in [5, 5.41) is 15.3. The van der Waals surface area contributed by atoms with Crippen molar-refractivity contribution in [2.24, 2.45) is 0 Å². The SMILES string of the molecule is CC(NC(=O)CNc1cc(CO)ccc1Cl)c1ccc(F)cc1. The van der Waals surface area contributed by atoms with E-state index in [2.05, 4.69) is 10.6 Å². The smallest absolute Gasteiger partial charge is 0.239 e. The number of carbonyl (C=O) groups is 1. The summed E-state index contributed by atoms with van der Waals surface area (Å²) in [4.78, 5) is 12.0. The highest BCUT2D eigenvalue weighted by Gasteiger charge is 2.10. The number of anilines is 1. The van der Waals surface area contributed by atoms with Gasteiger partial charge in [-0.15, -0.1) is 0 Å². The number of benzene rings is 2. The van der Waals surface area contributed by atoms with Crippen molar-refractivity contribution in [3.63, 3.8) is 0 Å². The normalized spacial score (nSPS) is 11.8. The molecule has 0 spiro atoms. The van der Waals surface area contributed by atoms with E-state index in [1.807, 2.05) is 6.92 Å². The Bertz CT molecular complexity index is 677. The number of amides is 1. The van der Waals surface area contributed by atoms with E-state index in [9.17, 15) is 9.18 Å². The first kappa shape index (κ1) is 17.2. The van der Waals surface area contributed by atoms with Crippen LogP contribution < -0.4 is 10.6 Å². The van der Waals surface area contributed by atoms with Gasteiger partial charge in [-0.25, -0.2) is 4.39 Å². The number of nitrogens with one attached hydrogen (secondary N) is 2. The lowest BCUT2D eigenvalue weighted by molar-refractivity contribution is -0.120. The van der Waals surface area contributed by atoms with Gasteiger partial charge in [0.2, 0.25) is 5.91 Å². The van der Waals surface area contributed by atoms with E-state index < -0.39 is 0 Å². The summed E-state index contributed by atoms with van der Waals surface area (Å²) in [5.41, 5.74) is 2.11. The summed E-state index contributed by atoms with van der Waals surface area (Å²) in [6.45, 7) is 1.77. The predicted molar refractivity (Wildman–Crippen MR) is 88.8 cm³/mol. The van der Waals surface area contributed by atoms with Gasteiger partial charge in [-0.05, 0) is 42.3 Å². The molecule has 0 aliphatic rings. The maximum Gasteiger partial charge on any atom is 0.239 e. The molecule has 1 atom stereocenters. The zero-order valence-electron chi connectivity index (χ0n) is 12.6. The Kier molecular flexibility index (Phi) is 5.96. The molecule has 0 aliphatic heterocycles. The second kappa shape index (κ2) is 7.94. The van der Waals surface area contributed by atoms with E-state index in [0.29, 0.717) is 16.3 Å². The maximum absolute atomic E-state index is 12.9. The van der Waals surface area contributed by atoms with Crippen LogP contribution in [0.4, 0.5) is 10.1 Å². The van der Waals surface area contributed by atoms with Crippen molar-refractivity contribution in [2.75, 3.05) is 11.9 Å². The molecule has 1 unspecified atom stereocenters. The van der Waals surface area contributed by atoms with Crippen LogP contribution in [-0.2, 0) is 11.4 Å². The minimum Gasteiger partial charge on any atom is -0.392 e. The monoisotopic (exact) mass is 336 g/mol. The fraction of sp³-hybridized carbons (Fsp3) is 0.235. The minimum absolute atomic E-state index is 0.0418. The number of aliphatic hydroxyl groups is 1. The molecule has 2 aromatic carbocycles. The van der Waals surface area contributed by atoms with Gasteiger partial charge in [0.05, 0.1) is 29.9 Å². The van der Waals surface area contributed by atoms with Gasteiger partial charge in [0.25, 0.3) is 0 Å². The van der Waals surface area contributed by atoms with Crippen molar-refractivity contribution in [1.29, 1.82) is 0 Å². The topological polar surface area (TPSA) is 61.4 Å². The van der Waals surface area contributed by atoms with E-state index in [1.54, 1.807) is 30.3 Å². The highest BCUT2D eigenvalue weighted by Crippen LogP contribution is 2.23. The Hall–Kier alpha value is -2.11. The lowest BCUT2D eigenvalue weighted by Crippen LogP contribution is -2.32. The van der Waals surface area contributed by atoms with Gasteiger partial charge in [0.1, 0.15) is 5.82 Å². The average Bonchev–Trinajstić information content (AvgIpc) is 2.54. The summed E-state index contributed by atoms with van der Waals surface area (Å²) in [5.74, 6) is -0.528. The van der Waals surface area contributed by atoms with Crippen molar-refractivity contribution < 1.29 is 14.3 Å². The average molecular weight is 337 g/mol. The molecule has 0 heterocycles. The van der Waals surface area contributed by atoms with Crippen LogP contribution in [0.25, 0.3) is 0 Å². The van der Waals surface area contributed by atoms with Crippen LogP contribution in [0.15, 0.2) is 42.5 Å². The molecule has 2 aromatic rings. The summed E-state index contributed by atoms with van der Waals surface area (Å²) < 4.78 is 12.9. The van der Waals surface area contributed by atoms with Crippen LogP contribution in [-0.4, -0.2) is 17.6 Å². The third-order valence-corrected chi connectivity index (χ3v) is 3.73. The van der Waals surface area contributed by atoms with Crippen LogP contribution in [0.1, 0.15) is 24.1 Å². The lowest BCUT2D eigenvalue weighted by Gasteiger charge is -2.15. The van der Waals surface area contributed by atoms with Crippen LogP contribution in [0.5, 0.6) is 0 Å². The van der Waals surface area contributed by atoms with Crippen LogP contribution >= 0.6 is 11.6 Å². The van der Waals surface area contributed by atoms with Crippen LogP contribution in [0.2, 0.25) is 5.02 Å². The second-order valence-corrected chi connectivity index (χ2v) is 5.57. The summed E-state index contributed by atoms with van der Waals surface area (Å²) in [6.07, 6.45) is 0. The number of rotatable bonds is 6. The molecule has 1 amide bonds. The quantitative estimate of drug-likeness (QED) is 0.758. The van der Waals surface area contributed by atoms with Crippen molar-refractivity contribution in [2.45, 2.75) is 19.6 Å². The van der Waals surface area contributed by atoms with Crippen molar-refractivity contribution in [3.05, 3.63) is 64.4 Å². The number of hydrogen-bond acceptors (Lipinski definition) is 3. The van der Waals surface area contributed by atoms with Gasteiger partial charge >= 0.3 is 0 Å². The molecule has 0 fully saturated rings. The first-order valence-corrected chi connectivity index (χ1v) is 7.55. The Balaban J connectivity index is 1.91. The molecule has 0 radical (unpaired) electrons. The second-order valence-electron chi connectivity index (χ2n) is 5.17. The maximum atomic E-state index is 12.9. The predicted octanol–water partition coefficient (Wildman–Crippen LogP) is 3.26. The molecule has 122 valence electrons. The molecule has 23 heavy (non-hydrogen) atoms. The van der Waals surface area contributed by atoms with Gasteiger partial charge in [0, 0.05) is 0 Å². The number of aliphatic hydroxyl groups excluding tert-OH is 1. The molecule has 6 heteroatoms.